The second-order valence-corrected chi connectivity index (χ2v) is 7.77. The number of benzene rings is 2. The maximum atomic E-state index is 12.7. The summed E-state index contributed by atoms with van der Waals surface area (Å²) in [4.78, 5) is 27.3. The summed E-state index contributed by atoms with van der Waals surface area (Å²) in [6.45, 7) is 1.88. The van der Waals surface area contributed by atoms with Gasteiger partial charge in [-0.2, -0.15) is 5.10 Å². The van der Waals surface area contributed by atoms with Gasteiger partial charge in [0.05, 0.1) is 19.3 Å². The molecule has 8 heteroatoms. The number of nitrogens with zero attached hydrogens (tertiary/aromatic N) is 4. The van der Waals surface area contributed by atoms with Crippen molar-refractivity contribution in [3.63, 3.8) is 0 Å². The average Bonchev–Trinajstić information content (AvgIpc) is 3.09. The van der Waals surface area contributed by atoms with Gasteiger partial charge in [0.15, 0.2) is 0 Å². The fourth-order valence-electron chi connectivity index (χ4n) is 4.02. The van der Waals surface area contributed by atoms with Crippen LogP contribution in [0.15, 0.2) is 59.4 Å². The zero-order valence-corrected chi connectivity index (χ0v) is 17.8. The van der Waals surface area contributed by atoms with E-state index in [1.165, 1.54) is 4.68 Å². The lowest BCUT2D eigenvalue weighted by molar-refractivity contribution is -0.117. The second kappa shape index (κ2) is 9.18. The Morgan fingerprint density at radius 2 is 1.87 bits per heavy atom. The third-order valence-corrected chi connectivity index (χ3v) is 5.64. The van der Waals surface area contributed by atoms with Gasteiger partial charge in [-0.15, -0.1) is 0 Å². The smallest absolute Gasteiger partial charge is 0.350 e. The van der Waals surface area contributed by atoms with E-state index in [0.29, 0.717) is 12.3 Å². The lowest BCUT2D eigenvalue weighted by atomic mass is 9.95. The first-order valence-corrected chi connectivity index (χ1v) is 10.4. The van der Waals surface area contributed by atoms with E-state index in [9.17, 15) is 9.59 Å². The van der Waals surface area contributed by atoms with Crippen molar-refractivity contribution in [2.45, 2.75) is 18.8 Å². The van der Waals surface area contributed by atoms with E-state index in [1.807, 2.05) is 48.5 Å². The lowest BCUT2D eigenvalue weighted by Crippen LogP contribution is -2.39. The fraction of sp³-hybridized carbons (Fsp3) is 0.348. The normalized spacial score (nSPS) is 15.0. The molecule has 0 bridgehead atoms. The largest absolute Gasteiger partial charge is 0.497 e. The number of amides is 1. The molecule has 31 heavy (non-hydrogen) atoms. The summed E-state index contributed by atoms with van der Waals surface area (Å²) in [5.74, 6) is 1.62. The molecule has 1 saturated heterocycles. The van der Waals surface area contributed by atoms with Crippen LogP contribution in [0.1, 0.15) is 24.6 Å². The van der Waals surface area contributed by atoms with Crippen LogP contribution >= 0.6 is 0 Å². The van der Waals surface area contributed by atoms with Gasteiger partial charge in [0.25, 0.3) is 0 Å². The number of carbonyl (C=O) groups excluding carboxylic acids is 1. The molecule has 0 saturated carbocycles. The van der Waals surface area contributed by atoms with Gasteiger partial charge in [0, 0.05) is 24.7 Å². The van der Waals surface area contributed by atoms with Crippen molar-refractivity contribution in [3.8, 4) is 11.4 Å². The van der Waals surface area contributed by atoms with Crippen LogP contribution in [0, 0.1) is 0 Å². The Balaban J connectivity index is 1.39. The van der Waals surface area contributed by atoms with E-state index in [4.69, 9.17) is 4.74 Å². The number of piperidine rings is 1. The summed E-state index contributed by atoms with van der Waals surface area (Å²) >= 11 is 0. The first-order valence-electron chi connectivity index (χ1n) is 10.4. The van der Waals surface area contributed by atoms with Crippen molar-refractivity contribution >= 4 is 11.6 Å². The maximum absolute atomic E-state index is 12.7. The Kier molecular flexibility index (Phi) is 6.18. The van der Waals surface area contributed by atoms with Crippen LogP contribution in [0.4, 0.5) is 5.69 Å². The summed E-state index contributed by atoms with van der Waals surface area (Å²) in [5.41, 5.74) is 1.41. The highest BCUT2D eigenvalue weighted by Gasteiger charge is 2.27. The summed E-state index contributed by atoms with van der Waals surface area (Å²) in [6, 6.07) is 16.9. The molecule has 162 valence electrons. The quantitative estimate of drug-likeness (QED) is 0.661. The Morgan fingerprint density at radius 1 is 1.13 bits per heavy atom. The van der Waals surface area contributed by atoms with Crippen LogP contribution in [0.25, 0.3) is 5.69 Å². The zero-order chi connectivity index (χ0) is 21.8. The molecule has 0 spiro atoms. The van der Waals surface area contributed by atoms with Crippen LogP contribution in [-0.2, 0) is 11.8 Å². The number of aryl methyl sites for hydroxylation is 1. The number of aromatic nitrogens is 3. The summed E-state index contributed by atoms with van der Waals surface area (Å²) in [6.07, 6.45) is 1.69. The third kappa shape index (κ3) is 4.69. The number of carbonyl (C=O) groups is 1. The molecule has 1 N–H and O–H groups in total. The van der Waals surface area contributed by atoms with Crippen molar-refractivity contribution < 1.29 is 9.53 Å². The van der Waals surface area contributed by atoms with Gasteiger partial charge in [-0.1, -0.05) is 24.3 Å². The second-order valence-electron chi connectivity index (χ2n) is 7.77. The number of methoxy groups -OCH3 is 1. The number of rotatable bonds is 6. The minimum atomic E-state index is -0.138. The minimum Gasteiger partial charge on any atom is -0.497 e. The van der Waals surface area contributed by atoms with Gasteiger partial charge < -0.3 is 10.1 Å². The van der Waals surface area contributed by atoms with E-state index in [-0.39, 0.29) is 17.5 Å². The molecule has 3 aromatic rings. The molecule has 1 aromatic heterocycles. The Hall–Kier alpha value is -3.39. The Morgan fingerprint density at radius 3 is 2.58 bits per heavy atom. The van der Waals surface area contributed by atoms with Crippen LogP contribution in [0.3, 0.4) is 0 Å². The molecule has 4 rings (SSSR count). The predicted molar refractivity (Wildman–Crippen MR) is 119 cm³/mol. The van der Waals surface area contributed by atoms with Crippen molar-refractivity contribution in [2.24, 2.45) is 7.05 Å². The Bertz CT molecular complexity index is 1100. The molecule has 0 atom stereocenters. The molecule has 1 amide bonds. The van der Waals surface area contributed by atoms with E-state index in [1.54, 1.807) is 24.8 Å². The Labute approximate surface area is 181 Å². The van der Waals surface area contributed by atoms with Gasteiger partial charge in [0.2, 0.25) is 5.91 Å². The molecule has 0 aliphatic carbocycles. The summed E-state index contributed by atoms with van der Waals surface area (Å²) in [7, 11) is 3.29. The van der Waals surface area contributed by atoms with Crippen molar-refractivity contribution in [2.75, 3.05) is 32.1 Å². The fourth-order valence-corrected chi connectivity index (χ4v) is 4.02. The highest BCUT2D eigenvalue weighted by Crippen LogP contribution is 2.27. The molecular weight excluding hydrogens is 394 g/mol. The van der Waals surface area contributed by atoms with Crippen molar-refractivity contribution in [1.29, 1.82) is 0 Å². The zero-order valence-electron chi connectivity index (χ0n) is 17.8. The monoisotopic (exact) mass is 421 g/mol. The van der Waals surface area contributed by atoms with E-state index in [2.05, 4.69) is 15.3 Å². The van der Waals surface area contributed by atoms with E-state index < -0.39 is 0 Å². The molecule has 1 aliphatic rings. The minimum absolute atomic E-state index is 0.0502. The standard InChI is InChI=1S/C23H27N5O3/c1-26-23(30)28(19-8-4-3-5-9-19)22(25-26)17-11-13-27(14-12-17)16-21(29)24-18-7-6-10-20(15-18)31-2/h3-10,15,17H,11-14,16H2,1-2H3,(H,24,29). The van der Waals surface area contributed by atoms with Crippen LogP contribution in [-0.4, -0.2) is 51.9 Å². The highest BCUT2D eigenvalue weighted by atomic mass is 16.5. The average molecular weight is 422 g/mol. The number of para-hydroxylation sites is 1. The molecule has 2 aromatic carbocycles. The molecule has 8 nitrogen and oxygen atoms in total. The number of nitrogens with one attached hydrogen (secondary N) is 1. The molecule has 1 fully saturated rings. The lowest BCUT2D eigenvalue weighted by Gasteiger charge is -2.31. The molecule has 1 aliphatic heterocycles. The molecule has 2 heterocycles. The number of likely N-dealkylation sites (tertiary alicyclic amines) is 1. The van der Waals surface area contributed by atoms with Crippen LogP contribution < -0.4 is 15.7 Å². The number of hydrogen-bond donors (Lipinski definition) is 1. The first kappa shape index (κ1) is 20.9. The van der Waals surface area contributed by atoms with Crippen LogP contribution in [0.5, 0.6) is 5.75 Å². The summed E-state index contributed by atoms with van der Waals surface area (Å²) < 4.78 is 8.30. The summed E-state index contributed by atoms with van der Waals surface area (Å²) in [5, 5.41) is 7.45. The molecule has 0 radical (unpaired) electrons. The van der Waals surface area contributed by atoms with Crippen molar-refractivity contribution in [1.82, 2.24) is 19.2 Å². The van der Waals surface area contributed by atoms with E-state index in [0.717, 1.165) is 43.1 Å². The van der Waals surface area contributed by atoms with Gasteiger partial charge in [0.1, 0.15) is 11.6 Å². The topological polar surface area (TPSA) is 81.4 Å². The van der Waals surface area contributed by atoms with Crippen LogP contribution in [0.2, 0.25) is 0 Å². The third-order valence-electron chi connectivity index (χ3n) is 5.64. The van der Waals surface area contributed by atoms with E-state index >= 15 is 0 Å². The van der Waals surface area contributed by atoms with Gasteiger partial charge in [-0.05, 0) is 50.2 Å². The van der Waals surface area contributed by atoms with Crippen molar-refractivity contribution in [3.05, 3.63) is 70.9 Å². The molecular formula is C23H27N5O3. The predicted octanol–water partition coefficient (Wildman–Crippen LogP) is 2.40. The molecule has 0 unspecified atom stereocenters. The first-order chi connectivity index (χ1) is 15.0. The van der Waals surface area contributed by atoms with Gasteiger partial charge in [-0.3, -0.25) is 9.69 Å². The maximum Gasteiger partial charge on any atom is 0.350 e. The highest BCUT2D eigenvalue weighted by molar-refractivity contribution is 5.92. The van der Waals surface area contributed by atoms with Gasteiger partial charge >= 0.3 is 5.69 Å². The van der Waals surface area contributed by atoms with Gasteiger partial charge in [-0.25, -0.2) is 14.0 Å². The number of hydrogen-bond acceptors (Lipinski definition) is 5. The SMILES string of the molecule is COc1cccc(NC(=O)CN2CCC(c3nn(C)c(=O)n3-c3ccccc3)CC2)c1. The number of ether oxygens (including phenoxy) is 1. The number of anilines is 1.